The minimum atomic E-state index is -0.383. The van der Waals surface area contributed by atoms with Crippen molar-refractivity contribution in [1.29, 1.82) is 0 Å². The molecule has 0 aliphatic heterocycles. The summed E-state index contributed by atoms with van der Waals surface area (Å²) in [6.07, 6.45) is 0. The normalized spacial score (nSPS) is 10.6. The summed E-state index contributed by atoms with van der Waals surface area (Å²) in [5.41, 5.74) is 8.90. The first kappa shape index (κ1) is 12.6. The van der Waals surface area contributed by atoms with E-state index in [1.807, 2.05) is 31.6 Å². The van der Waals surface area contributed by atoms with Gasteiger partial charge < -0.3 is 11.1 Å². The maximum atomic E-state index is 11.0. The third-order valence-corrected chi connectivity index (χ3v) is 3.82. The molecule has 0 aromatic carbocycles. The van der Waals surface area contributed by atoms with Crippen LogP contribution in [0.1, 0.15) is 26.6 Å². The molecule has 0 unspecified atom stereocenters. The molecule has 0 saturated heterocycles. The molecule has 96 valence electrons. The highest BCUT2D eigenvalue weighted by Gasteiger charge is 2.10. The summed E-state index contributed by atoms with van der Waals surface area (Å²) in [5, 5.41) is 9.47. The Balaban J connectivity index is 2.09. The van der Waals surface area contributed by atoms with Gasteiger partial charge in [0.05, 0.1) is 22.6 Å². The summed E-state index contributed by atoms with van der Waals surface area (Å²) in [6, 6.07) is 1.82. The van der Waals surface area contributed by atoms with Crippen molar-refractivity contribution in [2.45, 2.75) is 20.4 Å². The Morgan fingerprint density at radius 1 is 1.56 bits per heavy atom. The number of nitrogens with zero attached hydrogens (tertiary/aromatic N) is 2. The van der Waals surface area contributed by atoms with Crippen molar-refractivity contribution < 1.29 is 4.79 Å². The number of thiophene rings is 1. The van der Waals surface area contributed by atoms with Gasteiger partial charge in [0, 0.05) is 23.8 Å². The lowest BCUT2D eigenvalue weighted by Gasteiger charge is -2.04. The Morgan fingerprint density at radius 3 is 2.78 bits per heavy atom. The molecule has 0 aliphatic rings. The monoisotopic (exact) mass is 264 g/mol. The molecule has 0 aliphatic carbocycles. The zero-order chi connectivity index (χ0) is 13.3. The molecule has 2 heterocycles. The highest BCUT2D eigenvalue weighted by molar-refractivity contribution is 7.10. The number of amides is 1. The van der Waals surface area contributed by atoms with Crippen LogP contribution in [0.4, 0.5) is 5.69 Å². The summed E-state index contributed by atoms with van der Waals surface area (Å²) in [4.78, 5) is 12.1. The lowest BCUT2D eigenvalue weighted by Crippen LogP contribution is -2.09. The van der Waals surface area contributed by atoms with Gasteiger partial charge in [-0.3, -0.25) is 9.48 Å². The number of primary amides is 1. The van der Waals surface area contributed by atoms with Crippen LogP contribution in [0.3, 0.4) is 0 Å². The minimum absolute atomic E-state index is 0.383. The molecule has 2 rings (SSSR count). The van der Waals surface area contributed by atoms with E-state index in [0.29, 0.717) is 12.1 Å². The number of nitrogens with one attached hydrogen (secondary N) is 1. The largest absolute Gasteiger partial charge is 0.377 e. The third-order valence-electron chi connectivity index (χ3n) is 2.89. The average molecular weight is 264 g/mol. The molecule has 0 radical (unpaired) electrons. The van der Waals surface area contributed by atoms with Crippen LogP contribution < -0.4 is 11.1 Å². The fourth-order valence-corrected chi connectivity index (χ4v) is 2.62. The van der Waals surface area contributed by atoms with Crippen LogP contribution in [-0.4, -0.2) is 15.7 Å². The van der Waals surface area contributed by atoms with Gasteiger partial charge in [0.2, 0.25) is 5.91 Å². The molecular weight excluding hydrogens is 248 g/mol. The van der Waals surface area contributed by atoms with Crippen LogP contribution in [0.2, 0.25) is 0 Å². The average Bonchev–Trinajstić information content (AvgIpc) is 2.85. The zero-order valence-corrected chi connectivity index (χ0v) is 11.5. The van der Waals surface area contributed by atoms with Crippen molar-refractivity contribution in [2.24, 2.45) is 12.8 Å². The number of anilines is 1. The van der Waals surface area contributed by atoms with Gasteiger partial charge in [-0.2, -0.15) is 5.10 Å². The fourth-order valence-electron chi connectivity index (χ4n) is 1.81. The van der Waals surface area contributed by atoms with Crippen molar-refractivity contribution in [3.63, 3.8) is 0 Å². The van der Waals surface area contributed by atoms with E-state index in [-0.39, 0.29) is 5.91 Å². The Morgan fingerprint density at radius 2 is 2.28 bits per heavy atom. The summed E-state index contributed by atoms with van der Waals surface area (Å²) in [7, 11) is 1.92. The van der Waals surface area contributed by atoms with Crippen molar-refractivity contribution in [2.75, 3.05) is 5.32 Å². The second-order valence-corrected chi connectivity index (χ2v) is 5.18. The van der Waals surface area contributed by atoms with Gasteiger partial charge in [-0.25, -0.2) is 0 Å². The van der Waals surface area contributed by atoms with Gasteiger partial charge in [0.1, 0.15) is 0 Å². The van der Waals surface area contributed by atoms with Crippen molar-refractivity contribution in [3.05, 3.63) is 33.3 Å². The molecule has 1 amide bonds. The summed E-state index contributed by atoms with van der Waals surface area (Å²) in [5.74, 6) is -0.383. The maximum absolute atomic E-state index is 11.0. The summed E-state index contributed by atoms with van der Waals surface area (Å²) >= 11 is 1.53. The Labute approximate surface area is 110 Å². The van der Waals surface area contributed by atoms with Crippen LogP contribution in [-0.2, 0) is 13.6 Å². The van der Waals surface area contributed by atoms with Crippen molar-refractivity contribution in [1.82, 2.24) is 9.78 Å². The molecule has 2 aromatic rings. The molecule has 18 heavy (non-hydrogen) atoms. The molecule has 6 heteroatoms. The van der Waals surface area contributed by atoms with E-state index < -0.39 is 0 Å². The van der Waals surface area contributed by atoms with Crippen LogP contribution >= 0.6 is 11.3 Å². The van der Waals surface area contributed by atoms with Gasteiger partial charge >= 0.3 is 0 Å². The SMILES string of the molecule is Cc1nn(C)c(C)c1NCc1cc(C(N)=O)cs1. The van der Waals surface area contributed by atoms with Crippen molar-refractivity contribution >= 4 is 22.9 Å². The number of carbonyl (C=O) groups is 1. The first-order chi connectivity index (χ1) is 8.49. The van der Waals surface area contributed by atoms with E-state index in [1.54, 1.807) is 5.38 Å². The second kappa shape index (κ2) is 4.81. The van der Waals surface area contributed by atoms with E-state index in [9.17, 15) is 4.79 Å². The molecule has 0 spiro atoms. The van der Waals surface area contributed by atoms with Crippen LogP contribution in [0.15, 0.2) is 11.4 Å². The lowest BCUT2D eigenvalue weighted by atomic mass is 10.3. The predicted molar refractivity (Wildman–Crippen MR) is 72.8 cm³/mol. The highest BCUT2D eigenvalue weighted by atomic mass is 32.1. The number of hydrogen-bond acceptors (Lipinski definition) is 4. The Bertz CT molecular complexity index is 585. The number of rotatable bonds is 4. The van der Waals surface area contributed by atoms with E-state index in [0.717, 1.165) is 22.0 Å². The number of carbonyl (C=O) groups excluding carboxylic acids is 1. The minimum Gasteiger partial charge on any atom is -0.377 e. The predicted octanol–water partition coefficient (Wildman–Crippen LogP) is 1.81. The van der Waals surface area contributed by atoms with Gasteiger partial charge in [-0.1, -0.05) is 0 Å². The van der Waals surface area contributed by atoms with Crippen LogP contribution in [0, 0.1) is 13.8 Å². The molecule has 0 fully saturated rings. The molecule has 5 nitrogen and oxygen atoms in total. The van der Waals surface area contributed by atoms with E-state index in [4.69, 9.17) is 5.73 Å². The first-order valence-corrected chi connectivity index (χ1v) is 6.48. The van der Waals surface area contributed by atoms with Crippen LogP contribution in [0.25, 0.3) is 0 Å². The molecular formula is C12H16N4OS. The molecule has 0 saturated carbocycles. The molecule has 0 atom stereocenters. The van der Waals surface area contributed by atoms with Gasteiger partial charge in [-0.15, -0.1) is 11.3 Å². The van der Waals surface area contributed by atoms with E-state index >= 15 is 0 Å². The lowest BCUT2D eigenvalue weighted by molar-refractivity contribution is 0.100. The number of nitrogens with two attached hydrogens (primary N) is 1. The number of hydrogen-bond donors (Lipinski definition) is 2. The van der Waals surface area contributed by atoms with E-state index in [2.05, 4.69) is 10.4 Å². The summed E-state index contributed by atoms with van der Waals surface area (Å²) < 4.78 is 1.85. The zero-order valence-electron chi connectivity index (χ0n) is 10.7. The Kier molecular flexibility index (Phi) is 3.38. The van der Waals surface area contributed by atoms with Crippen molar-refractivity contribution in [3.8, 4) is 0 Å². The fraction of sp³-hybridized carbons (Fsp3) is 0.333. The molecule has 3 N–H and O–H groups in total. The quantitative estimate of drug-likeness (QED) is 0.884. The molecule has 0 bridgehead atoms. The topological polar surface area (TPSA) is 72.9 Å². The third kappa shape index (κ3) is 2.38. The maximum Gasteiger partial charge on any atom is 0.249 e. The number of aromatic nitrogens is 2. The summed E-state index contributed by atoms with van der Waals surface area (Å²) in [6.45, 7) is 4.66. The second-order valence-electron chi connectivity index (χ2n) is 4.19. The van der Waals surface area contributed by atoms with Gasteiger partial charge in [-0.05, 0) is 19.9 Å². The van der Waals surface area contributed by atoms with Gasteiger partial charge in [0.15, 0.2) is 0 Å². The smallest absolute Gasteiger partial charge is 0.249 e. The Hall–Kier alpha value is -1.82. The first-order valence-electron chi connectivity index (χ1n) is 5.60. The van der Waals surface area contributed by atoms with Gasteiger partial charge in [0.25, 0.3) is 0 Å². The standard InChI is InChI=1S/C12H16N4OS/c1-7-11(8(2)16(3)15-7)14-5-10-4-9(6-18-10)12(13)17/h4,6,14H,5H2,1-3H3,(H2,13,17). The van der Waals surface area contributed by atoms with E-state index in [1.165, 1.54) is 11.3 Å². The molecule has 2 aromatic heterocycles. The van der Waals surface area contributed by atoms with Crippen LogP contribution in [0.5, 0.6) is 0 Å². The highest BCUT2D eigenvalue weighted by Crippen LogP contribution is 2.21. The number of aryl methyl sites for hydroxylation is 2.